The van der Waals surface area contributed by atoms with Crippen LogP contribution in [0.3, 0.4) is 0 Å². The third-order valence-corrected chi connectivity index (χ3v) is 5.57. The third-order valence-electron chi connectivity index (χ3n) is 5.57. The maximum Gasteiger partial charge on any atom is 0.294 e. The van der Waals surface area contributed by atoms with Crippen LogP contribution < -0.4 is 4.90 Å². The second-order valence-corrected chi connectivity index (χ2v) is 7.56. The van der Waals surface area contributed by atoms with Gasteiger partial charge in [-0.1, -0.05) is 66.7 Å². The van der Waals surface area contributed by atoms with Crippen LogP contribution in [0, 0.1) is 12.7 Å². The van der Waals surface area contributed by atoms with Crippen molar-refractivity contribution in [3.63, 3.8) is 0 Å². The predicted octanol–water partition coefficient (Wildman–Crippen LogP) is 5.24. The molecule has 1 N–H and O–H groups in total. The zero-order chi connectivity index (χ0) is 22.0. The van der Waals surface area contributed by atoms with Gasteiger partial charge in [0.15, 0.2) is 11.5 Å². The summed E-state index contributed by atoms with van der Waals surface area (Å²) in [4.78, 5) is 27.6. The fourth-order valence-electron chi connectivity index (χ4n) is 4.00. The molecule has 1 heterocycles. The van der Waals surface area contributed by atoms with Crippen LogP contribution in [0.4, 0.5) is 10.1 Å². The van der Waals surface area contributed by atoms with Crippen molar-refractivity contribution < 1.29 is 19.1 Å². The molecule has 0 fully saturated rings. The minimum atomic E-state index is -1.03. The van der Waals surface area contributed by atoms with Crippen molar-refractivity contribution in [1.29, 1.82) is 0 Å². The topological polar surface area (TPSA) is 57.6 Å². The van der Waals surface area contributed by atoms with E-state index in [1.165, 1.54) is 11.0 Å². The highest BCUT2D eigenvalue weighted by Crippen LogP contribution is 2.43. The number of aliphatic hydroxyl groups is 1. The van der Waals surface area contributed by atoms with Crippen LogP contribution in [-0.2, 0) is 16.0 Å². The molecule has 0 aliphatic carbocycles. The minimum absolute atomic E-state index is 0.0608. The first-order valence-electron chi connectivity index (χ1n) is 10.1. The van der Waals surface area contributed by atoms with E-state index in [9.17, 15) is 19.1 Å². The number of Topliss-reactive ketones (excluding diaryl/α,β-unsaturated/α-hetero) is 1. The smallest absolute Gasteiger partial charge is 0.294 e. The number of amides is 1. The second kappa shape index (κ2) is 8.56. The summed E-state index contributed by atoms with van der Waals surface area (Å²) in [6.45, 7) is 1.83. The summed E-state index contributed by atoms with van der Waals surface area (Å²) >= 11 is 0. The number of hydrogen-bond acceptors (Lipinski definition) is 3. The van der Waals surface area contributed by atoms with Gasteiger partial charge in [-0.15, -0.1) is 0 Å². The number of ketones is 1. The van der Waals surface area contributed by atoms with Crippen LogP contribution >= 0.6 is 0 Å². The molecule has 0 bridgehead atoms. The lowest BCUT2D eigenvalue weighted by Gasteiger charge is -2.28. The molecule has 31 heavy (non-hydrogen) atoms. The number of aryl methyl sites for hydroxylation is 2. The molecule has 5 heteroatoms. The standard InChI is InChI=1S/C26H22FNO3/c1-17-9-5-8-14-21(17)28-24(19-12-6-7-13-20(19)27)23(25(30)26(28)31)22(29)16-15-18-10-3-2-4-11-18/h2-14,24,30H,15-16H2,1H3. The number of carbonyl (C=O) groups excluding carboxylic acids is 2. The summed E-state index contributed by atoms with van der Waals surface area (Å²) in [6, 6.07) is 21.6. The molecule has 1 unspecified atom stereocenters. The number of hydrogen-bond donors (Lipinski definition) is 1. The Balaban J connectivity index is 1.77. The Morgan fingerprint density at radius 2 is 1.61 bits per heavy atom. The van der Waals surface area contributed by atoms with Gasteiger partial charge in [0.1, 0.15) is 5.82 Å². The van der Waals surface area contributed by atoms with Crippen LogP contribution in [0.2, 0.25) is 0 Å². The highest BCUT2D eigenvalue weighted by molar-refractivity contribution is 6.16. The molecular weight excluding hydrogens is 393 g/mol. The second-order valence-electron chi connectivity index (χ2n) is 7.56. The van der Waals surface area contributed by atoms with Gasteiger partial charge in [0, 0.05) is 17.7 Å². The van der Waals surface area contributed by atoms with Crippen molar-refractivity contribution in [3.8, 4) is 0 Å². The minimum Gasteiger partial charge on any atom is -0.503 e. The molecule has 1 amide bonds. The number of para-hydroxylation sites is 1. The summed E-state index contributed by atoms with van der Waals surface area (Å²) < 4.78 is 14.8. The zero-order valence-corrected chi connectivity index (χ0v) is 17.1. The van der Waals surface area contributed by atoms with Gasteiger partial charge in [0.25, 0.3) is 5.91 Å². The summed E-state index contributed by atoms with van der Waals surface area (Å²) in [6.07, 6.45) is 0.558. The Morgan fingerprint density at radius 3 is 2.32 bits per heavy atom. The molecule has 1 aliphatic heterocycles. The lowest BCUT2D eigenvalue weighted by atomic mass is 9.92. The summed E-state index contributed by atoms with van der Waals surface area (Å²) in [5.74, 6) is -2.24. The number of carbonyl (C=O) groups is 2. The van der Waals surface area contributed by atoms with Crippen molar-refractivity contribution in [2.45, 2.75) is 25.8 Å². The van der Waals surface area contributed by atoms with Gasteiger partial charge in [0.2, 0.25) is 0 Å². The van der Waals surface area contributed by atoms with Crippen LogP contribution in [-0.4, -0.2) is 16.8 Å². The lowest BCUT2D eigenvalue weighted by Crippen LogP contribution is -2.32. The van der Waals surface area contributed by atoms with Crippen molar-refractivity contribution in [3.05, 3.63) is 113 Å². The Morgan fingerprint density at radius 1 is 0.968 bits per heavy atom. The van der Waals surface area contributed by atoms with E-state index in [0.717, 1.165) is 11.1 Å². The van der Waals surface area contributed by atoms with Crippen LogP contribution in [0.15, 0.2) is 90.2 Å². The van der Waals surface area contributed by atoms with Gasteiger partial charge < -0.3 is 5.11 Å². The van der Waals surface area contributed by atoms with Crippen molar-refractivity contribution >= 4 is 17.4 Å². The summed E-state index contributed by atoms with van der Waals surface area (Å²) in [5.41, 5.74) is 2.39. The average molecular weight is 415 g/mol. The van der Waals surface area contributed by atoms with E-state index in [-0.39, 0.29) is 23.3 Å². The summed E-state index contributed by atoms with van der Waals surface area (Å²) in [7, 11) is 0. The fraction of sp³-hybridized carbons (Fsp3) is 0.154. The Hall–Kier alpha value is -3.73. The van der Waals surface area contributed by atoms with E-state index in [0.29, 0.717) is 12.1 Å². The molecule has 3 aromatic rings. The van der Waals surface area contributed by atoms with Crippen molar-refractivity contribution in [1.82, 2.24) is 0 Å². The molecule has 0 radical (unpaired) electrons. The van der Waals surface area contributed by atoms with Crippen LogP contribution in [0.1, 0.15) is 29.2 Å². The highest BCUT2D eigenvalue weighted by Gasteiger charge is 2.45. The highest BCUT2D eigenvalue weighted by atomic mass is 19.1. The molecule has 1 aliphatic rings. The molecule has 0 saturated carbocycles. The van der Waals surface area contributed by atoms with Crippen molar-refractivity contribution in [2.24, 2.45) is 0 Å². The van der Waals surface area contributed by atoms with E-state index in [1.54, 1.807) is 30.3 Å². The van der Waals surface area contributed by atoms with Gasteiger partial charge in [-0.05, 0) is 36.6 Å². The first kappa shape index (κ1) is 20.5. The maximum atomic E-state index is 14.8. The number of anilines is 1. The number of rotatable bonds is 6. The molecule has 0 saturated heterocycles. The van der Waals surface area contributed by atoms with Gasteiger partial charge in [0.05, 0.1) is 11.6 Å². The first-order valence-corrected chi connectivity index (χ1v) is 10.1. The molecule has 3 aromatic carbocycles. The molecule has 156 valence electrons. The van der Waals surface area contributed by atoms with Crippen LogP contribution in [0.25, 0.3) is 0 Å². The Bertz CT molecular complexity index is 1170. The Labute approximate surface area is 180 Å². The number of halogens is 1. The van der Waals surface area contributed by atoms with E-state index >= 15 is 0 Å². The summed E-state index contributed by atoms with van der Waals surface area (Å²) in [5, 5.41) is 10.7. The lowest BCUT2D eigenvalue weighted by molar-refractivity contribution is -0.118. The fourth-order valence-corrected chi connectivity index (χ4v) is 4.00. The van der Waals surface area contributed by atoms with E-state index < -0.39 is 23.5 Å². The third kappa shape index (κ3) is 3.87. The molecule has 4 nitrogen and oxygen atoms in total. The van der Waals surface area contributed by atoms with Crippen molar-refractivity contribution in [2.75, 3.05) is 4.90 Å². The molecule has 0 aromatic heterocycles. The van der Waals surface area contributed by atoms with E-state index in [1.807, 2.05) is 49.4 Å². The maximum absolute atomic E-state index is 14.8. The molecule has 4 rings (SSSR count). The van der Waals surface area contributed by atoms with E-state index in [4.69, 9.17) is 0 Å². The normalized spacial score (nSPS) is 16.1. The molecular formula is C26H22FNO3. The zero-order valence-electron chi connectivity index (χ0n) is 17.1. The molecule has 0 spiro atoms. The monoisotopic (exact) mass is 415 g/mol. The SMILES string of the molecule is Cc1ccccc1N1C(=O)C(O)=C(C(=O)CCc2ccccc2)C1c1ccccc1F. The van der Waals surface area contributed by atoms with Gasteiger partial charge >= 0.3 is 0 Å². The number of benzene rings is 3. The van der Waals surface area contributed by atoms with Gasteiger partial charge in [-0.25, -0.2) is 4.39 Å². The largest absolute Gasteiger partial charge is 0.503 e. The number of nitrogens with zero attached hydrogens (tertiary/aromatic N) is 1. The van der Waals surface area contributed by atoms with E-state index in [2.05, 4.69) is 0 Å². The quantitative estimate of drug-likeness (QED) is 0.599. The first-order chi connectivity index (χ1) is 15.0. The van der Waals surface area contributed by atoms with Crippen LogP contribution in [0.5, 0.6) is 0 Å². The van der Waals surface area contributed by atoms with Gasteiger partial charge in [-0.2, -0.15) is 0 Å². The average Bonchev–Trinajstić information content (AvgIpc) is 3.04. The molecule has 1 atom stereocenters. The predicted molar refractivity (Wildman–Crippen MR) is 117 cm³/mol. The van der Waals surface area contributed by atoms with Gasteiger partial charge in [-0.3, -0.25) is 14.5 Å². The Kier molecular flexibility index (Phi) is 5.67. The number of aliphatic hydroxyl groups excluding tert-OH is 1.